The smallest absolute Gasteiger partial charge is 0.258 e. The summed E-state index contributed by atoms with van der Waals surface area (Å²) in [5.74, 6) is -2.54. The molecule has 0 bridgehead atoms. The predicted molar refractivity (Wildman–Crippen MR) is 44.8 cm³/mol. The van der Waals surface area contributed by atoms with Crippen molar-refractivity contribution in [1.29, 1.82) is 0 Å². The van der Waals surface area contributed by atoms with E-state index in [0.29, 0.717) is 12.1 Å². The van der Waals surface area contributed by atoms with Crippen LogP contribution in [0.25, 0.3) is 0 Å². The molecule has 1 rings (SSSR count). The Labute approximate surface area is 82.2 Å². The van der Waals surface area contributed by atoms with Crippen LogP contribution in [0.5, 0.6) is 0 Å². The second-order valence-corrected chi connectivity index (χ2v) is 2.56. The molecule has 0 aliphatic carbocycles. The number of nitrogens with zero attached hydrogens (tertiary/aromatic N) is 2. The van der Waals surface area contributed by atoms with E-state index in [4.69, 9.17) is 0 Å². The Kier molecular flexibility index (Phi) is 3.20. The molecule has 1 aromatic rings. The van der Waals surface area contributed by atoms with Crippen LogP contribution in [0.15, 0.2) is 17.1 Å². The van der Waals surface area contributed by atoms with Gasteiger partial charge < -0.3 is 0 Å². The zero-order valence-corrected chi connectivity index (χ0v) is 7.24. The van der Waals surface area contributed by atoms with Crippen LogP contribution < -0.4 is 0 Å². The van der Waals surface area contributed by atoms with Gasteiger partial charge in [-0.2, -0.15) is 0 Å². The van der Waals surface area contributed by atoms with Crippen molar-refractivity contribution >= 4 is 11.8 Å². The molecule has 0 fully saturated rings. The lowest BCUT2D eigenvalue weighted by Crippen LogP contribution is -1.98. The van der Waals surface area contributed by atoms with Crippen LogP contribution in [0.3, 0.4) is 0 Å². The molecule has 0 aliphatic rings. The third-order valence-corrected chi connectivity index (χ3v) is 1.63. The van der Waals surface area contributed by atoms with Crippen molar-refractivity contribution in [2.45, 2.75) is 6.54 Å². The molecule has 0 aromatic heterocycles. The summed E-state index contributed by atoms with van der Waals surface area (Å²) in [6.07, 6.45) is 1.15. The third-order valence-electron chi connectivity index (χ3n) is 1.63. The van der Waals surface area contributed by atoms with Gasteiger partial charge in [-0.1, -0.05) is 0 Å². The van der Waals surface area contributed by atoms with Gasteiger partial charge in [-0.15, -0.1) is 0 Å². The summed E-state index contributed by atoms with van der Waals surface area (Å²) >= 11 is 0. The van der Waals surface area contributed by atoms with Crippen molar-refractivity contribution in [3.8, 4) is 0 Å². The van der Waals surface area contributed by atoms with Gasteiger partial charge in [-0.3, -0.25) is 10.1 Å². The molecule has 0 unspecified atom stereocenters. The number of nitro benzene ring substituents is 1. The first kappa shape index (κ1) is 10.9. The lowest BCUT2D eigenvalue weighted by molar-refractivity contribution is -0.385. The van der Waals surface area contributed by atoms with Gasteiger partial charge in [-0.05, 0) is 6.07 Å². The molecule has 15 heavy (non-hydrogen) atoms. The summed E-state index contributed by atoms with van der Waals surface area (Å²) in [5.41, 5.74) is -0.796. The molecular weight excluding hydrogens is 210 g/mol. The quantitative estimate of drug-likeness (QED) is 0.332. The van der Waals surface area contributed by atoms with Gasteiger partial charge >= 0.3 is 0 Å². The number of rotatable bonds is 3. The monoisotopic (exact) mass is 214 g/mol. The van der Waals surface area contributed by atoms with E-state index in [1.54, 1.807) is 0 Å². The fraction of sp³-hybridized carbons (Fsp3) is 0.125. The standard InChI is InChI=1S/C8H4F2N2O3/c9-6-1-5(3-11-4-13)8(12(14)15)2-7(6)10/h1-2H,3H2. The Morgan fingerprint density at radius 2 is 2.00 bits per heavy atom. The maximum atomic E-state index is 12.7. The van der Waals surface area contributed by atoms with Crippen LogP contribution >= 0.6 is 0 Å². The zero-order valence-electron chi connectivity index (χ0n) is 7.24. The summed E-state index contributed by atoms with van der Waals surface area (Å²) in [5, 5.41) is 10.4. The van der Waals surface area contributed by atoms with Crippen molar-refractivity contribution in [1.82, 2.24) is 0 Å². The first-order valence-electron chi connectivity index (χ1n) is 3.72. The minimum Gasteiger partial charge on any atom is -0.258 e. The normalized spacial score (nSPS) is 9.47. The van der Waals surface area contributed by atoms with E-state index in [0.717, 1.165) is 6.08 Å². The van der Waals surface area contributed by atoms with Crippen molar-refractivity contribution < 1.29 is 18.5 Å². The van der Waals surface area contributed by atoms with E-state index in [9.17, 15) is 23.7 Å². The highest BCUT2D eigenvalue weighted by molar-refractivity contribution is 5.42. The number of isocyanates is 1. The van der Waals surface area contributed by atoms with Crippen molar-refractivity contribution in [2.75, 3.05) is 0 Å². The Morgan fingerprint density at radius 1 is 1.40 bits per heavy atom. The van der Waals surface area contributed by atoms with Crippen LogP contribution in [-0.4, -0.2) is 11.0 Å². The van der Waals surface area contributed by atoms with Gasteiger partial charge in [0.15, 0.2) is 11.6 Å². The van der Waals surface area contributed by atoms with Gasteiger partial charge in [-0.25, -0.2) is 18.6 Å². The first-order chi connectivity index (χ1) is 7.06. The number of aliphatic imine (C=N–C) groups is 1. The predicted octanol–water partition coefficient (Wildman–Crippen LogP) is 1.71. The maximum absolute atomic E-state index is 12.7. The number of carbonyl (C=O) groups excluding carboxylic acids is 1. The van der Waals surface area contributed by atoms with Gasteiger partial charge in [0.1, 0.15) is 0 Å². The van der Waals surface area contributed by atoms with Crippen molar-refractivity contribution in [3.05, 3.63) is 39.4 Å². The molecule has 1 aromatic carbocycles. The Morgan fingerprint density at radius 3 is 2.53 bits per heavy atom. The summed E-state index contributed by atoms with van der Waals surface area (Å²) in [6.45, 7) is -0.406. The fourth-order valence-corrected chi connectivity index (χ4v) is 0.992. The summed E-state index contributed by atoms with van der Waals surface area (Å²) in [4.78, 5) is 22.4. The van der Waals surface area contributed by atoms with E-state index < -0.39 is 28.8 Å². The minimum atomic E-state index is -1.32. The van der Waals surface area contributed by atoms with Gasteiger partial charge in [0.25, 0.3) is 5.69 Å². The average molecular weight is 214 g/mol. The van der Waals surface area contributed by atoms with E-state index in [1.165, 1.54) is 0 Å². The van der Waals surface area contributed by atoms with Crippen LogP contribution in [0.4, 0.5) is 14.5 Å². The summed E-state index contributed by atoms with van der Waals surface area (Å²) < 4.78 is 25.4. The summed E-state index contributed by atoms with van der Waals surface area (Å²) in [6, 6.07) is 1.08. The average Bonchev–Trinajstić information content (AvgIpc) is 2.19. The third kappa shape index (κ3) is 2.41. The maximum Gasteiger partial charge on any atom is 0.277 e. The molecule has 0 heterocycles. The molecule has 0 saturated heterocycles. The van der Waals surface area contributed by atoms with E-state index in [-0.39, 0.29) is 5.56 Å². The van der Waals surface area contributed by atoms with Gasteiger partial charge in [0.05, 0.1) is 23.1 Å². The molecule has 0 atom stereocenters. The molecule has 0 spiro atoms. The molecule has 0 amide bonds. The highest BCUT2D eigenvalue weighted by atomic mass is 19.2. The first-order valence-corrected chi connectivity index (χ1v) is 3.72. The molecule has 0 N–H and O–H groups in total. The van der Waals surface area contributed by atoms with Crippen LogP contribution in [0.1, 0.15) is 5.56 Å². The minimum absolute atomic E-state index is 0.178. The molecule has 78 valence electrons. The second kappa shape index (κ2) is 4.39. The van der Waals surface area contributed by atoms with Crippen molar-refractivity contribution in [2.24, 2.45) is 4.99 Å². The lowest BCUT2D eigenvalue weighted by Gasteiger charge is -1.99. The Bertz CT molecular complexity index is 455. The largest absolute Gasteiger partial charge is 0.277 e. The number of nitro groups is 1. The van der Waals surface area contributed by atoms with Crippen molar-refractivity contribution in [3.63, 3.8) is 0 Å². The number of benzene rings is 1. The molecule has 5 nitrogen and oxygen atoms in total. The highest BCUT2D eigenvalue weighted by Gasteiger charge is 2.17. The highest BCUT2D eigenvalue weighted by Crippen LogP contribution is 2.22. The molecule has 0 aliphatic heterocycles. The Balaban J connectivity index is 3.27. The van der Waals surface area contributed by atoms with Crippen LogP contribution in [-0.2, 0) is 11.3 Å². The van der Waals surface area contributed by atoms with Gasteiger partial charge in [0.2, 0.25) is 6.08 Å². The molecular formula is C8H4F2N2O3. The molecule has 7 heteroatoms. The fourth-order valence-electron chi connectivity index (χ4n) is 0.992. The zero-order chi connectivity index (χ0) is 11.4. The number of hydrogen-bond donors (Lipinski definition) is 0. The van der Waals surface area contributed by atoms with Crippen LogP contribution in [0, 0.1) is 21.7 Å². The SMILES string of the molecule is O=C=NCc1cc(F)c(F)cc1[N+](=O)[O-]. The van der Waals surface area contributed by atoms with E-state index in [2.05, 4.69) is 4.99 Å². The Hall–Kier alpha value is -2.14. The topological polar surface area (TPSA) is 72.6 Å². The summed E-state index contributed by atoms with van der Waals surface area (Å²) in [7, 11) is 0. The second-order valence-electron chi connectivity index (χ2n) is 2.56. The van der Waals surface area contributed by atoms with E-state index in [1.807, 2.05) is 0 Å². The van der Waals surface area contributed by atoms with Gasteiger partial charge in [0, 0.05) is 0 Å². The number of halogens is 2. The molecule has 0 radical (unpaired) electrons. The molecule has 0 saturated carbocycles. The van der Waals surface area contributed by atoms with Crippen LogP contribution in [0.2, 0.25) is 0 Å². The lowest BCUT2D eigenvalue weighted by atomic mass is 10.1. The number of hydrogen-bond acceptors (Lipinski definition) is 4. The van der Waals surface area contributed by atoms with E-state index >= 15 is 0 Å².